The lowest BCUT2D eigenvalue weighted by atomic mass is 9.97. The molecule has 0 N–H and O–H groups in total. The second-order valence-corrected chi connectivity index (χ2v) is 15.8. The van der Waals surface area contributed by atoms with Crippen LogP contribution in [0.3, 0.4) is 0 Å². The third-order valence-electron chi connectivity index (χ3n) is 10.7. The van der Waals surface area contributed by atoms with Gasteiger partial charge < -0.3 is 18.2 Å². The minimum atomic E-state index is 0.591. The highest BCUT2D eigenvalue weighted by atomic mass is 32.2. The molecule has 6 nitrogen and oxygen atoms in total. The van der Waals surface area contributed by atoms with Crippen molar-refractivity contribution in [2.24, 2.45) is 0 Å². The fourth-order valence-electron chi connectivity index (χ4n) is 8.31. The molecule has 8 aromatic carbocycles. The van der Waals surface area contributed by atoms with Gasteiger partial charge in [-0.3, -0.25) is 0 Å². The third-order valence-corrected chi connectivity index (χ3v) is 13.0. The van der Waals surface area contributed by atoms with Gasteiger partial charge in [-0.15, -0.1) is 0 Å². The molecule has 0 saturated heterocycles. The van der Waals surface area contributed by atoms with Crippen molar-refractivity contribution in [3.05, 3.63) is 140 Å². The fraction of sp³-hybridized carbons (Fsp3) is 0. The smallest absolute Gasteiger partial charge is 0.228 e. The first kappa shape index (κ1) is 29.0. The summed E-state index contributed by atoms with van der Waals surface area (Å²) in [6.45, 7) is 0. The molecule has 0 saturated carbocycles. The number of hydrogen-bond acceptors (Lipinski definition) is 8. The Labute approximate surface area is 315 Å². The van der Waals surface area contributed by atoms with Gasteiger partial charge in [0.15, 0.2) is 16.7 Å². The Balaban J connectivity index is 1.11. The summed E-state index contributed by atoms with van der Waals surface area (Å²) in [4.78, 5) is 16.6. The van der Waals surface area contributed by atoms with Crippen molar-refractivity contribution in [1.29, 1.82) is 0 Å². The zero-order valence-corrected chi connectivity index (χ0v) is 29.8. The summed E-state index contributed by atoms with van der Waals surface area (Å²) in [5.41, 5.74) is 10.0. The SMILES string of the molecule is c1ccc2oc(-c3ccc4c(c3)N3c5ccc6c(oc7c8ccccc8c8ccccc8c67)c5Sc5c(-c6nc7ccccc7o6)ccc(c53)S4)nc2c1. The predicted octanol–water partition coefficient (Wildman–Crippen LogP) is 13.9. The van der Waals surface area contributed by atoms with Crippen molar-refractivity contribution in [2.75, 3.05) is 4.90 Å². The molecule has 2 aliphatic rings. The van der Waals surface area contributed by atoms with E-state index in [0.717, 1.165) is 97.3 Å². The van der Waals surface area contributed by atoms with Gasteiger partial charge in [0.05, 0.1) is 32.4 Å². The van der Waals surface area contributed by atoms with E-state index in [0.29, 0.717) is 11.8 Å². The number of nitrogens with zero attached hydrogens (tertiary/aromatic N) is 3. The largest absolute Gasteiger partial charge is 0.454 e. The molecule has 0 amide bonds. The van der Waals surface area contributed by atoms with Crippen molar-refractivity contribution in [3.8, 4) is 22.9 Å². The molecule has 2 aliphatic heterocycles. The molecule has 0 aliphatic carbocycles. The first-order valence-electron chi connectivity index (χ1n) is 17.7. The van der Waals surface area contributed by atoms with Gasteiger partial charge in [-0.1, -0.05) is 96.3 Å². The molecule has 13 rings (SSSR count). The lowest BCUT2D eigenvalue weighted by Gasteiger charge is -2.38. The third kappa shape index (κ3) is 3.88. The van der Waals surface area contributed by atoms with Crippen molar-refractivity contribution < 1.29 is 13.3 Å². The molecule has 5 heterocycles. The maximum atomic E-state index is 7.12. The Morgan fingerprint density at radius 3 is 1.93 bits per heavy atom. The van der Waals surface area contributed by atoms with E-state index >= 15 is 0 Å². The highest BCUT2D eigenvalue weighted by Crippen LogP contribution is 2.64. The van der Waals surface area contributed by atoms with Crippen molar-refractivity contribution >= 4 is 106 Å². The summed E-state index contributed by atoms with van der Waals surface area (Å²) in [6, 6.07) is 48.4. The summed E-state index contributed by atoms with van der Waals surface area (Å²) in [6.07, 6.45) is 0. The standard InChI is InChI=1S/C46H23N3O3S2/c1-3-11-27-25(9-1)26-10-2-4-12-28(26)41-39(27)29-18-20-33-44(42(29)52-41)54-43-30(46-48-32-14-6-8-16-36(32)51-46)19-22-38-40(43)49(33)34-23-24(17-21-37(34)53-38)45-47-31-13-5-7-15-35(31)50-45/h1-23H. The summed E-state index contributed by atoms with van der Waals surface area (Å²) in [5.74, 6) is 1.18. The molecule has 0 unspecified atom stereocenters. The van der Waals surface area contributed by atoms with Crippen LogP contribution in [0.5, 0.6) is 0 Å². The van der Waals surface area contributed by atoms with Gasteiger partial charge in [0, 0.05) is 31.5 Å². The molecule has 0 fully saturated rings. The number of para-hydroxylation sites is 4. The second kappa shape index (κ2) is 10.6. The van der Waals surface area contributed by atoms with Crippen LogP contribution in [0.15, 0.2) is 172 Å². The van der Waals surface area contributed by atoms with Crippen LogP contribution < -0.4 is 4.90 Å². The highest BCUT2D eigenvalue weighted by molar-refractivity contribution is 8.01. The van der Waals surface area contributed by atoms with Crippen LogP contribution in [0, 0.1) is 0 Å². The number of aromatic nitrogens is 2. The number of furan rings is 1. The highest BCUT2D eigenvalue weighted by Gasteiger charge is 2.37. The molecule has 252 valence electrons. The van der Waals surface area contributed by atoms with Crippen LogP contribution >= 0.6 is 23.5 Å². The maximum Gasteiger partial charge on any atom is 0.228 e. The monoisotopic (exact) mass is 729 g/mol. The van der Waals surface area contributed by atoms with Crippen LogP contribution in [0.1, 0.15) is 0 Å². The first-order valence-corrected chi connectivity index (χ1v) is 19.4. The molecule has 0 radical (unpaired) electrons. The van der Waals surface area contributed by atoms with Crippen LogP contribution in [0.2, 0.25) is 0 Å². The summed E-state index contributed by atoms with van der Waals surface area (Å²) in [7, 11) is 0. The van der Waals surface area contributed by atoms with Crippen LogP contribution in [-0.2, 0) is 0 Å². The van der Waals surface area contributed by atoms with Gasteiger partial charge in [0.2, 0.25) is 11.8 Å². The molecule has 0 atom stereocenters. The number of oxazole rings is 2. The fourth-order valence-corrected chi connectivity index (χ4v) is 10.7. The van der Waals surface area contributed by atoms with Gasteiger partial charge in [0.25, 0.3) is 0 Å². The van der Waals surface area contributed by atoms with Crippen molar-refractivity contribution in [3.63, 3.8) is 0 Å². The zero-order chi connectivity index (χ0) is 35.1. The quantitative estimate of drug-likeness (QED) is 0.163. The van der Waals surface area contributed by atoms with Crippen LogP contribution in [0.4, 0.5) is 17.1 Å². The van der Waals surface area contributed by atoms with E-state index in [1.807, 2.05) is 48.5 Å². The van der Waals surface area contributed by atoms with Gasteiger partial charge in [-0.2, -0.15) is 0 Å². The average Bonchev–Trinajstić information content (AvgIpc) is 3.96. The lowest BCUT2D eigenvalue weighted by molar-refractivity contribution is 0.618. The number of rotatable bonds is 2. The Morgan fingerprint density at radius 1 is 0.463 bits per heavy atom. The van der Waals surface area contributed by atoms with Gasteiger partial charge in [-0.25, -0.2) is 9.97 Å². The molecule has 0 bridgehead atoms. The average molecular weight is 730 g/mol. The Kier molecular flexibility index (Phi) is 5.68. The minimum absolute atomic E-state index is 0.591. The Hall–Kier alpha value is -6.48. The molecular formula is C46H23N3O3S2. The van der Waals surface area contributed by atoms with E-state index in [1.54, 1.807) is 23.5 Å². The number of fused-ring (bicyclic) bond motifs is 15. The molecule has 0 spiro atoms. The molecule has 54 heavy (non-hydrogen) atoms. The van der Waals surface area contributed by atoms with Crippen LogP contribution in [0.25, 0.3) is 88.6 Å². The molecule has 8 heteroatoms. The van der Waals surface area contributed by atoms with E-state index in [1.165, 1.54) is 16.2 Å². The number of benzene rings is 8. The minimum Gasteiger partial charge on any atom is -0.454 e. The molecule has 11 aromatic rings. The van der Waals surface area contributed by atoms with Gasteiger partial charge >= 0.3 is 0 Å². The van der Waals surface area contributed by atoms with Gasteiger partial charge in [0.1, 0.15) is 16.6 Å². The lowest BCUT2D eigenvalue weighted by Crippen LogP contribution is -2.19. The maximum absolute atomic E-state index is 7.12. The van der Waals surface area contributed by atoms with E-state index in [-0.39, 0.29) is 0 Å². The van der Waals surface area contributed by atoms with Crippen LogP contribution in [-0.4, -0.2) is 9.97 Å². The van der Waals surface area contributed by atoms with E-state index in [4.69, 9.17) is 23.2 Å². The summed E-state index contributed by atoms with van der Waals surface area (Å²) in [5, 5.41) is 6.92. The van der Waals surface area contributed by atoms with Gasteiger partial charge in [-0.05, 0) is 82.9 Å². The Bertz CT molecular complexity index is 3370. The first-order chi connectivity index (χ1) is 26.7. The summed E-state index contributed by atoms with van der Waals surface area (Å²) >= 11 is 3.51. The van der Waals surface area contributed by atoms with Crippen molar-refractivity contribution in [2.45, 2.75) is 19.6 Å². The zero-order valence-electron chi connectivity index (χ0n) is 28.2. The van der Waals surface area contributed by atoms with E-state index in [2.05, 4.69) is 95.9 Å². The van der Waals surface area contributed by atoms with E-state index < -0.39 is 0 Å². The normalized spacial score (nSPS) is 13.4. The predicted molar refractivity (Wildman–Crippen MR) is 218 cm³/mol. The number of hydrogen-bond donors (Lipinski definition) is 0. The Morgan fingerprint density at radius 2 is 1.13 bits per heavy atom. The number of anilines is 3. The summed E-state index contributed by atoms with van der Waals surface area (Å²) < 4.78 is 19.8. The molecular weight excluding hydrogens is 707 g/mol. The topological polar surface area (TPSA) is 68.4 Å². The second-order valence-electron chi connectivity index (χ2n) is 13.7. The molecule has 3 aromatic heterocycles. The van der Waals surface area contributed by atoms with Crippen molar-refractivity contribution in [1.82, 2.24) is 9.97 Å². The van der Waals surface area contributed by atoms with E-state index in [9.17, 15) is 0 Å².